The van der Waals surface area contributed by atoms with Gasteiger partial charge < -0.3 is 10.4 Å². The van der Waals surface area contributed by atoms with Gasteiger partial charge in [0.15, 0.2) is 7.28 Å². The van der Waals surface area contributed by atoms with E-state index in [4.69, 9.17) is 0 Å². The average molecular weight is 498 g/mol. The van der Waals surface area contributed by atoms with Crippen LogP contribution in [-0.4, -0.2) is 56.9 Å². The Bertz CT molecular complexity index is 1030. The molecule has 10 heteroatoms. The van der Waals surface area contributed by atoms with E-state index in [0.717, 1.165) is 29.6 Å². The number of benzene rings is 2. The van der Waals surface area contributed by atoms with Gasteiger partial charge in [0.1, 0.15) is 0 Å². The number of rotatable bonds is 12. The minimum absolute atomic E-state index is 0.154. The zero-order chi connectivity index (χ0) is 25.6. The first-order chi connectivity index (χ1) is 15.7. The van der Waals surface area contributed by atoms with Gasteiger partial charge in [-0.1, -0.05) is 48.7 Å². The Balaban J connectivity index is 1.95. The molecule has 1 atom stereocenters. The molecule has 2 N–H and O–H groups in total. The molecule has 0 heterocycles. The first-order valence-corrected chi connectivity index (χ1v) is 12.8. The SMILES string of the molecule is CBc1cc(C(F)(F)F)cc(S(=O)(=O)N(C)C[C@H](O)CNC(C)(C)CCCc2ccccc2)c1. The lowest BCUT2D eigenvalue weighted by molar-refractivity contribution is -0.137. The van der Waals surface area contributed by atoms with Crippen LogP contribution < -0.4 is 10.8 Å². The Hall–Kier alpha value is -1.88. The summed E-state index contributed by atoms with van der Waals surface area (Å²) >= 11 is 0. The molecule has 0 amide bonds. The van der Waals surface area contributed by atoms with Gasteiger partial charge in [-0.2, -0.15) is 17.5 Å². The third-order valence-electron chi connectivity index (χ3n) is 5.80. The van der Waals surface area contributed by atoms with E-state index in [-0.39, 0.29) is 31.4 Å². The van der Waals surface area contributed by atoms with Crippen LogP contribution in [0.3, 0.4) is 0 Å². The van der Waals surface area contributed by atoms with Crippen molar-refractivity contribution in [3.63, 3.8) is 0 Å². The highest BCUT2D eigenvalue weighted by atomic mass is 32.2. The van der Waals surface area contributed by atoms with Gasteiger partial charge in [-0.3, -0.25) is 0 Å². The van der Waals surface area contributed by atoms with Crippen LogP contribution in [0.15, 0.2) is 53.4 Å². The number of aryl methyl sites for hydroxylation is 1. The maximum Gasteiger partial charge on any atom is 0.416 e. The summed E-state index contributed by atoms with van der Waals surface area (Å²) in [7, 11) is -2.68. The number of sulfonamides is 1. The zero-order valence-corrected chi connectivity index (χ0v) is 21.0. The number of hydrogen-bond donors (Lipinski definition) is 2. The van der Waals surface area contributed by atoms with Gasteiger partial charge in [-0.25, -0.2) is 8.42 Å². The Kier molecular flexibility index (Phi) is 9.76. The minimum atomic E-state index is -4.65. The van der Waals surface area contributed by atoms with Crippen molar-refractivity contribution in [2.45, 2.75) is 62.6 Å². The van der Waals surface area contributed by atoms with Gasteiger partial charge in [0, 0.05) is 25.7 Å². The molecular weight excluding hydrogens is 464 g/mol. The molecule has 2 aromatic carbocycles. The van der Waals surface area contributed by atoms with E-state index in [0.29, 0.717) is 6.07 Å². The molecule has 0 aliphatic heterocycles. The Morgan fingerprint density at radius 3 is 2.35 bits per heavy atom. The number of halogens is 3. The van der Waals surface area contributed by atoms with Crippen LogP contribution in [-0.2, 0) is 22.6 Å². The van der Waals surface area contributed by atoms with Crippen LogP contribution in [0.4, 0.5) is 13.2 Å². The predicted octanol–water partition coefficient (Wildman–Crippen LogP) is 3.19. The highest BCUT2D eigenvalue weighted by Gasteiger charge is 2.33. The second-order valence-corrected chi connectivity index (χ2v) is 11.3. The molecule has 0 aromatic heterocycles. The van der Waals surface area contributed by atoms with E-state index in [1.165, 1.54) is 18.7 Å². The molecule has 0 bridgehead atoms. The predicted molar refractivity (Wildman–Crippen MR) is 131 cm³/mol. The molecule has 34 heavy (non-hydrogen) atoms. The summed E-state index contributed by atoms with van der Waals surface area (Å²) in [6, 6.07) is 13.0. The van der Waals surface area contributed by atoms with Gasteiger partial charge in [0.25, 0.3) is 0 Å². The number of hydrogen-bond acceptors (Lipinski definition) is 4. The number of nitrogens with zero attached hydrogens (tertiary/aromatic N) is 1. The summed E-state index contributed by atoms with van der Waals surface area (Å²) in [5, 5.41) is 13.7. The molecule has 0 radical (unpaired) electrons. The minimum Gasteiger partial charge on any atom is -0.390 e. The normalized spacial score (nSPS) is 13.8. The molecule has 2 rings (SSSR count). The topological polar surface area (TPSA) is 69.6 Å². The van der Waals surface area contributed by atoms with E-state index in [2.05, 4.69) is 17.4 Å². The summed E-state index contributed by atoms with van der Waals surface area (Å²) in [6.07, 6.45) is -2.93. The Morgan fingerprint density at radius 1 is 1.12 bits per heavy atom. The lowest BCUT2D eigenvalue weighted by Crippen LogP contribution is -2.46. The summed E-state index contributed by atoms with van der Waals surface area (Å²) in [6.45, 7) is 5.60. The largest absolute Gasteiger partial charge is 0.416 e. The van der Waals surface area contributed by atoms with Crippen molar-refractivity contribution in [1.82, 2.24) is 9.62 Å². The van der Waals surface area contributed by atoms with E-state index >= 15 is 0 Å². The Labute approximate surface area is 201 Å². The first kappa shape index (κ1) is 28.4. The van der Waals surface area contributed by atoms with Crippen LogP contribution in [0.1, 0.15) is 37.8 Å². The third kappa shape index (κ3) is 8.41. The monoisotopic (exact) mass is 498 g/mol. The lowest BCUT2D eigenvalue weighted by atomic mass is 9.73. The second-order valence-electron chi connectivity index (χ2n) is 9.26. The molecule has 0 fully saturated rings. The van der Waals surface area contributed by atoms with E-state index in [1.807, 2.05) is 32.0 Å². The standard InChI is InChI=1S/C24H34BF3N2O3S/c1-23(2,12-8-11-18-9-6-5-7-10-18)29-16-21(31)17-30(4)34(32,33)22-14-19(24(26,27)28)13-20(15-22)25-3/h5-7,9-10,13-15,21,25,29,31H,8,11-12,16-17H2,1-4H3/t21-/m1/s1. The summed E-state index contributed by atoms with van der Waals surface area (Å²) < 4.78 is 66.4. The van der Waals surface area contributed by atoms with Crippen molar-refractivity contribution < 1.29 is 26.7 Å². The number of β-amino-alcohol motifs (C(OH)–C–C–N with tert-alkyl or cyclic N) is 1. The quantitative estimate of drug-likeness (QED) is 0.441. The second kappa shape index (κ2) is 11.7. The number of aliphatic hydroxyl groups excluding tert-OH is 1. The molecular formula is C24H34BF3N2O3S. The smallest absolute Gasteiger partial charge is 0.390 e. The molecule has 0 aliphatic rings. The molecule has 188 valence electrons. The van der Waals surface area contributed by atoms with Gasteiger partial charge in [0.2, 0.25) is 10.0 Å². The van der Waals surface area contributed by atoms with Crippen LogP contribution in [0.25, 0.3) is 0 Å². The van der Waals surface area contributed by atoms with Crippen LogP contribution in [0.2, 0.25) is 6.82 Å². The van der Waals surface area contributed by atoms with E-state index < -0.39 is 32.8 Å². The number of likely N-dealkylation sites (N-methyl/N-ethyl adjacent to an activating group) is 1. The third-order valence-corrected chi connectivity index (χ3v) is 7.61. The van der Waals surface area contributed by atoms with Crippen molar-refractivity contribution in [3.8, 4) is 0 Å². The number of nitrogens with one attached hydrogen (secondary N) is 1. The molecule has 0 unspecified atom stereocenters. The maximum absolute atomic E-state index is 13.2. The number of alkyl halides is 3. The van der Waals surface area contributed by atoms with Crippen molar-refractivity contribution in [2.75, 3.05) is 20.1 Å². The molecule has 0 saturated heterocycles. The van der Waals surface area contributed by atoms with Crippen molar-refractivity contribution in [3.05, 3.63) is 59.7 Å². The van der Waals surface area contributed by atoms with Crippen molar-refractivity contribution in [1.29, 1.82) is 0 Å². The zero-order valence-electron chi connectivity index (χ0n) is 20.2. The fraction of sp³-hybridized carbons (Fsp3) is 0.500. The van der Waals surface area contributed by atoms with Crippen LogP contribution >= 0.6 is 0 Å². The summed E-state index contributed by atoms with van der Waals surface area (Å²) in [4.78, 5) is -0.428. The fourth-order valence-corrected chi connectivity index (χ4v) is 4.98. The van der Waals surface area contributed by atoms with Gasteiger partial charge in [-0.05, 0) is 50.8 Å². The molecule has 0 spiro atoms. The highest BCUT2D eigenvalue weighted by molar-refractivity contribution is 7.89. The van der Waals surface area contributed by atoms with Crippen LogP contribution in [0.5, 0.6) is 0 Å². The van der Waals surface area contributed by atoms with Crippen molar-refractivity contribution in [2.24, 2.45) is 0 Å². The summed E-state index contributed by atoms with van der Waals surface area (Å²) in [5.74, 6) is 0. The summed E-state index contributed by atoms with van der Waals surface area (Å²) in [5.41, 5.74) is 0.259. The molecule has 0 aliphatic carbocycles. The highest BCUT2D eigenvalue weighted by Crippen LogP contribution is 2.30. The van der Waals surface area contributed by atoms with Gasteiger partial charge in [0.05, 0.1) is 16.6 Å². The Morgan fingerprint density at radius 2 is 1.76 bits per heavy atom. The molecule has 2 aromatic rings. The number of aliphatic hydroxyl groups is 1. The maximum atomic E-state index is 13.2. The fourth-order valence-electron chi connectivity index (χ4n) is 3.68. The molecule has 0 saturated carbocycles. The average Bonchev–Trinajstić information content (AvgIpc) is 2.77. The van der Waals surface area contributed by atoms with Gasteiger partial charge in [-0.15, -0.1) is 0 Å². The van der Waals surface area contributed by atoms with E-state index in [9.17, 15) is 26.7 Å². The lowest BCUT2D eigenvalue weighted by Gasteiger charge is -2.29. The van der Waals surface area contributed by atoms with Gasteiger partial charge >= 0.3 is 6.18 Å². The van der Waals surface area contributed by atoms with Crippen LogP contribution in [0, 0.1) is 0 Å². The molecule has 5 nitrogen and oxygen atoms in total. The first-order valence-electron chi connectivity index (χ1n) is 11.4. The van der Waals surface area contributed by atoms with Crippen molar-refractivity contribution >= 4 is 22.8 Å². The van der Waals surface area contributed by atoms with E-state index in [1.54, 1.807) is 6.82 Å².